The van der Waals surface area contributed by atoms with Crippen LogP contribution >= 0.6 is 0 Å². The molecule has 0 aliphatic carbocycles. The van der Waals surface area contributed by atoms with Crippen LogP contribution in [0.3, 0.4) is 0 Å². The Hall–Kier alpha value is -3.09. The molecule has 2 aromatic carbocycles. The van der Waals surface area contributed by atoms with Gasteiger partial charge in [-0.15, -0.1) is 0 Å². The first-order valence-corrected chi connectivity index (χ1v) is 7.16. The summed E-state index contributed by atoms with van der Waals surface area (Å²) >= 11 is 0. The Morgan fingerprint density at radius 3 is 2.38 bits per heavy atom. The normalized spacial score (nSPS) is 9.92. The standard InChI is InChI=1S/C17H17FN2O4/c1-23-15-5-3-2-4-12(15)10-16(21)19-20-17(22)11-24-14-8-6-13(18)7-9-14/h2-9H,10-11H2,1H3,(H,19,21)(H,20,22). The molecule has 0 fully saturated rings. The summed E-state index contributed by atoms with van der Waals surface area (Å²) in [6.45, 7) is -0.305. The van der Waals surface area contributed by atoms with Crippen LogP contribution in [0.15, 0.2) is 48.5 Å². The number of hydrogen-bond acceptors (Lipinski definition) is 4. The second-order valence-electron chi connectivity index (χ2n) is 4.83. The van der Waals surface area contributed by atoms with Crippen molar-refractivity contribution in [2.45, 2.75) is 6.42 Å². The lowest BCUT2D eigenvalue weighted by Gasteiger charge is -2.10. The number of amides is 2. The number of rotatable bonds is 6. The minimum Gasteiger partial charge on any atom is -0.496 e. The molecule has 0 bridgehead atoms. The quantitative estimate of drug-likeness (QED) is 0.788. The van der Waals surface area contributed by atoms with E-state index in [2.05, 4.69) is 10.9 Å². The zero-order chi connectivity index (χ0) is 17.4. The Balaban J connectivity index is 1.74. The summed E-state index contributed by atoms with van der Waals surface area (Å²) in [6, 6.07) is 12.4. The maximum absolute atomic E-state index is 12.7. The average molecular weight is 332 g/mol. The van der Waals surface area contributed by atoms with Gasteiger partial charge in [0.2, 0.25) is 5.91 Å². The molecule has 7 heteroatoms. The Morgan fingerprint density at radius 2 is 1.67 bits per heavy atom. The third-order valence-corrected chi connectivity index (χ3v) is 3.07. The lowest BCUT2D eigenvalue weighted by molar-refractivity contribution is -0.129. The number of benzene rings is 2. The van der Waals surface area contributed by atoms with Crippen LogP contribution in [0.5, 0.6) is 11.5 Å². The van der Waals surface area contributed by atoms with E-state index in [9.17, 15) is 14.0 Å². The predicted molar refractivity (Wildman–Crippen MR) is 84.9 cm³/mol. The van der Waals surface area contributed by atoms with Crippen molar-refractivity contribution in [2.75, 3.05) is 13.7 Å². The maximum atomic E-state index is 12.7. The fraction of sp³-hybridized carbons (Fsp3) is 0.176. The largest absolute Gasteiger partial charge is 0.496 e. The maximum Gasteiger partial charge on any atom is 0.276 e. The van der Waals surface area contributed by atoms with Gasteiger partial charge in [0.25, 0.3) is 5.91 Å². The van der Waals surface area contributed by atoms with Gasteiger partial charge in [0.05, 0.1) is 13.5 Å². The van der Waals surface area contributed by atoms with Crippen molar-refractivity contribution < 1.29 is 23.5 Å². The van der Waals surface area contributed by atoms with Crippen LogP contribution in [0, 0.1) is 5.82 Å². The molecule has 24 heavy (non-hydrogen) atoms. The number of halogens is 1. The third-order valence-electron chi connectivity index (χ3n) is 3.07. The number of nitrogens with one attached hydrogen (secondary N) is 2. The zero-order valence-corrected chi connectivity index (χ0v) is 13.0. The van der Waals surface area contributed by atoms with E-state index in [1.807, 2.05) is 0 Å². The summed E-state index contributed by atoms with van der Waals surface area (Å²) in [7, 11) is 1.52. The highest BCUT2D eigenvalue weighted by Crippen LogP contribution is 2.17. The molecule has 2 aromatic rings. The predicted octanol–water partition coefficient (Wildman–Crippen LogP) is 1.60. The lowest BCUT2D eigenvalue weighted by atomic mass is 10.1. The smallest absolute Gasteiger partial charge is 0.276 e. The molecule has 0 aliphatic rings. The highest BCUT2D eigenvalue weighted by molar-refractivity contribution is 5.84. The molecule has 0 saturated heterocycles. The SMILES string of the molecule is COc1ccccc1CC(=O)NNC(=O)COc1ccc(F)cc1. The van der Waals surface area contributed by atoms with E-state index in [-0.39, 0.29) is 13.0 Å². The van der Waals surface area contributed by atoms with Crippen LogP contribution < -0.4 is 20.3 Å². The second kappa shape index (κ2) is 8.52. The van der Waals surface area contributed by atoms with Crippen molar-refractivity contribution >= 4 is 11.8 Å². The number of hydrogen-bond donors (Lipinski definition) is 2. The van der Waals surface area contributed by atoms with E-state index in [0.717, 1.165) is 0 Å². The van der Waals surface area contributed by atoms with Gasteiger partial charge in [-0.1, -0.05) is 18.2 Å². The van der Waals surface area contributed by atoms with Gasteiger partial charge >= 0.3 is 0 Å². The molecule has 0 spiro atoms. The van der Waals surface area contributed by atoms with E-state index in [1.165, 1.54) is 31.4 Å². The molecule has 126 valence electrons. The van der Waals surface area contributed by atoms with Gasteiger partial charge in [-0.05, 0) is 30.3 Å². The number of para-hydroxylation sites is 1. The Bertz CT molecular complexity index is 704. The van der Waals surface area contributed by atoms with Crippen LogP contribution in [0.2, 0.25) is 0 Å². The van der Waals surface area contributed by atoms with Crippen LogP contribution in [0.25, 0.3) is 0 Å². The minimum atomic E-state index is -0.535. The number of ether oxygens (including phenoxy) is 2. The van der Waals surface area contributed by atoms with Crippen molar-refractivity contribution in [3.05, 3.63) is 59.9 Å². The first-order valence-electron chi connectivity index (χ1n) is 7.16. The van der Waals surface area contributed by atoms with Crippen molar-refractivity contribution in [1.82, 2.24) is 10.9 Å². The molecule has 0 atom stereocenters. The molecule has 0 unspecified atom stereocenters. The Labute approximate surface area is 138 Å². The van der Waals surface area contributed by atoms with E-state index in [4.69, 9.17) is 9.47 Å². The Morgan fingerprint density at radius 1 is 1.00 bits per heavy atom. The van der Waals surface area contributed by atoms with E-state index in [0.29, 0.717) is 17.1 Å². The van der Waals surface area contributed by atoms with Gasteiger partial charge in [0, 0.05) is 5.56 Å². The third kappa shape index (κ3) is 5.28. The fourth-order valence-corrected chi connectivity index (χ4v) is 1.92. The molecule has 0 saturated carbocycles. The molecule has 0 heterocycles. The van der Waals surface area contributed by atoms with Gasteiger partial charge in [0.1, 0.15) is 17.3 Å². The molecule has 6 nitrogen and oxygen atoms in total. The lowest BCUT2D eigenvalue weighted by Crippen LogP contribution is -2.44. The summed E-state index contributed by atoms with van der Waals surface area (Å²) in [6.07, 6.45) is 0.0586. The van der Waals surface area contributed by atoms with Gasteiger partial charge in [-0.25, -0.2) is 4.39 Å². The molecular weight excluding hydrogens is 315 g/mol. The number of hydrazine groups is 1. The summed E-state index contributed by atoms with van der Waals surface area (Å²) in [4.78, 5) is 23.4. The number of carbonyl (C=O) groups is 2. The highest BCUT2D eigenvalue weighted by Gasteiger charge is 2.09. The molecule has 2 N–H and O–H groups in total. The fourth-order valence-electron chi connectivity index (χ4n) is 1.92. The average Bonchev–Trinajstić information content (AvgIpc) is 2.60. The molecular formula is C17H17FN2O4. The van der Waals surface area contributed by atoms with Gasteiger partial charge < -0.3 is 9.47 Å². The van der Waals surface area contributed by atoms with Crippen molar-refractivity contribution in [2.24, 2.45) is 0 Å². The summed E-state index contributed by atoms with van der Waals surface area (Å²) < 4.78 is 23.1. The van der Waals surface area contributed by atoms with Crippen LogP contribution in [0.1, 0.15) is 5.56 Å². The number of methoxy groups -OCH3 is 1. The Kier molecular flexibility index (Phi) is 6.13. The summed E-state index contributed by atoms with van der Waals surface area (Å²) in [5.74, 6) is -0.372. The van der Waals surface area contributed by atoms with Crippen LogP contribution in [0.4, 0.5) is 4.39 Å². The molecule has 0 radical (unpaired) electrons. The van der Waals surface area contributed by atoms with Crippen LogP contribution in [-0.2, 0) is 16.0 Å². The topological polar surface area (TPSA) is 76.7 Å². The van der Waals surface area contributed by atoms with Crippen LogP contribution in [-0.4, -0.2) is 25.5 Å². The van der Waals surface area contributed by atoms with Gasteiger partial charge in [-0.2, -0.15) is 0 Å². The molecule has 0 aromatic heterocycles. The summed E-state index contributed by atoms with van der Waals surface area (Å²) in [5.41, 5.74) is 5.24. The second-order valence-corrected chi connectivity index (χ2v) is 4.83. The van der Waals surface area contributed by atoms with Crippen molar-refractivity contribution in [3.63, 3.8) is 0 Å². The zero-order valence-electron chi connectivity index (χ0n) is 13.0. The molecule has 0 aliphatic heterocycles. The summed E-state index contributed by atoms with van der Waals surface area (Å²) in [5, 5.41) is 0. The first kappa shape index (κ1) is 17.3. The first-order chi connectivity index (χ1) is 11.6. The minimum absolute atomic E-state index is 0.0586. The number of carbonyl (C=O) groups excluding carboxylic acids is 2. The van der Waals surface area contributed by atoms with E-state index in [1.54, 1.807) is 24.3 Å². The van der Waals surface area contributed by atoms with E-state index >= 15 is 0 Å². The van der Waals surface area contributed by atoms with Gasteiger partial charge in [-0.3, -0.25) is 20.4 Å². The highest BCUT2D eigenvalue weighted by atomic mass is 19.1. The van der Waals surface area contributed by atoms with Crippen molar-refractivity contribution in [3.8, 4) is 11.5 Å². The molecule has 2 amide bonds. The van der Waals surface area contributed by atoms with E-state index < -0.39 is 17.6 Å². The molecule has 2 rings (SSSR count). The monoisotopic (exact) mass is 332 g/mol. The van der Waals surface area contributed by atoms with Crippen molar-refractivity contribution in [1.29, 1.82) is 0 Å². The van der Waals surface area contributed by atoms with Gasteiger partial charge in [0.15, 0.2) is 6.61 Å².